The Balaban J connectivity index is 1.72. The molecule has 0 N–H and O–H groups in total. The van der Waals surface area contributed by atoms with Crippen molar-refractivity contribution in [2.24, 2.45) is 5.92 Å². The lowest BCUT2D eigenvalue weighted by molar-refractivity contribution is 0.227. The topological polar surface area (TPSA) is 32.3 Å². The summed E-state index contributed by atoms with van der Waals surface area (Å²) in [5.41, 5.74) is 0. The Kier molecular flexibility index (Phi) is 3.20. The van der Waals surface area contributed by atoms with Gasteiger partial charge in [-0.1, -0.05) is 13.8 Å². The van der Waals surface area contributed by atoms with Crippen molar-refractivity contribution in [2.45, 2.75) is 38.8 Å². The summed E-state index contributed by atoms with van der Waals surface area (Å²) in [6, 6.07) is 3.24. The summed E-state index contributed by atoms with van der Waals surface area (Å²) in [6.45, 7) is 8.18. The van der Waals surface area contributed by atoms with Crippen LogP contribution in [0.4, 0.5) is 5.95 Å². The molecule has 3 heterocycles. The first-order chi connectivity index (χ1) is 8.75. The second-order valence-electron chi connectivity index (χ2n) is 5.84. The van der Waals surface area contributed by atoms with E-state index in [1.165, 1.54) is 25.9 Å². The summed E-state index contributed by atoms with van der Waals surface area (Å²) in [6.07, 6.45) is 6.21. The van der Waals surface area contributed by atoms with E-state index in [0.29, 0.717) is 6.04 Å². The molecule has 4 heteroatoms. The summed E-state index contributed by atoms with van der Waals surface area (Å²) >= 11 is 0. The number of nitrogens with zero attached hydrogens (tertiary/aromatic N) is 4. The van der Waals surface area contributed by atoms with E-state index in [-0.39, 0.29) is 0 Å². The van der Waals surface area contributed by atoms with E-state index in [9.17, 15) is 0 Å². The SMILES string of the molecule is CC(C)CN1CC[C@@H]2[C@@H]1CCN2c1ncccn1. The van der Waals surface area contributed by atoms with Crippen LogP contribution < -0.4 is 4.90 Å². The van der Waals surface area contributed by atoms with Gasteiger partial charge in [0.2, 0.25) is 5.95 Å². The molecule has 3 rings (SSSR count). The van der Waals surface area contributed by atoms with Crippen LogP contribution >= 0.6 is 0 Å². The van der Waals surface area contributed by atoms with Crippen LogP contribution in [-0.2, 0) is 0 Å². The summed E-state index contributed by atoms with van der Waals surface area (Å²) in [5, 5.41) is 0. The number of fused-ring (bicyclic) bond motifs is 1. The largest absolute Gasteiger partial charge is 0.336 e. The fraction of sp³-hybridized carbons (Fsp3) is 0.714. The minimum absolute atomic E-state index is 0.631. The van der Waals surface area contributed by atoms with Crippen molar-refractivity contribution in [2.75, 3.05) is 24.5 Å². The Hall–Kier alpha value is -1.16. The maximum atomic E-state index is 4.40. The number of rotatable bonds is 3. The van der Waals surface area contributed by atoms with Crippen molar-refractivity contribution < 1.29 is 0 Å². The van der Waals surface area contributed by atoms with E-state index in [0.717, 1.165) is 24.5 Å². The van der Waals surface area contributed by atoms with Crippen molar-refractivity contribution in [1.29, 1.82) is 0 Å². The number of anilines is 1. The summed E-state index contributed by atoms with van der Waals surface area (Å²) in [5.74, 6) is 1.67. The molecule has 98 valence electrons. The van der Waals surface area contributed by atoms with Gasteiger partial charge in [-0.25, -0.2) is 9.97 Å². The average Bonchev–Trinajstić information content (AvgIpc) is 2.93. The van der Waals surface area contributed by atoms with E-state index >= 15 is 0 Å². The van der Waals surface area contributed by atoms with Gasteiger partial charge in [0.25, 0.3) is 0 Å². The molecule has 0 aromatic carbocycles. The number of aromatic nitrogens is 2. The van der Waals surface area contributed by atoms with Gasteiger partial charge in [-0.3, -0.25) is 4.90 Å². The summed E-state index contributed by atoms with van der Waals surface area (Å²) in [7, 11) is 0. The van der Waals surface area contributed by atoms with Gasteiger partial charge < -0.3 is 4.90 Å². The zero-order valence-electron chi connectivity index (χ0n) is 11.3. The number of hydrogen-bond donors (Lipinski definition) is 0. The molecule has 0 bridgehead atoms. The molecular formula is C14H22N4. The van der Waals surface area contributed by atoms with Crippen LogP contribution in [0, 0.1) is 5.92 Å². The van der Waals surface area contributed by atoms with Crippen LogP contribution in [0.15, 0.2) is 18.5 Å². The molecule has 0 amide bonds. The predicted molar refractivity (Wildman–Crippen MR) is 72.6 cm³/mol. The van der Waals surface area contributed by atoms with Crippen LogP contribution in [0.2, 0.25) is 0 Å². The Morgan fingerprint density at radius 3 is 2.61 bits per heavy atom. The first kappa shape index (κ1) is 11.9. The highest BCUT2D eigenvalue weighted by Gasteiger charge is 2.43. The number of hydrogen-bond acceptors (Lipinski definition) is 4. The molecule has 2 fully saturated rings. The molecule has 2 aliphatic rings. The smallest absolute Gasteiger partial charge is 0.225 e. The quantitative estimate of drug-likeness (QED) is 0.814. The molecule has 0 aliphatic carbocycles. The zero-order chi connectivity index (χ0) is 12.5. The minimum atomic E-state index is 0.631. The highest BCUT2D eigenvalue weighted by molar-refractivity contribution is 5.35. The second kappa shape index (κ2) is 4.84. The third kappa shape index (κ3) is 2.09. The molecule has 2 saturated heterocycles. The molecule has 2 aliphatic heterocycles. The zero-order valence-corrected chi connectivity index (χ0v) is 11.3. The molecule has 0 saturated carbocycles. The lowest BCUT2D eigenvalue weighted by atomic mass is 10.1. The van der Waals surface area contributed by atoms with Gasteiger partial charge in [-0.2, -0.15) is 0 Å². The highest BCUT2D eigenvalue weighted by Crippen LogP contribution is 2.33. The first-order valence-electron chi connectivity index (χ1n) is 7.03. The van der Waals surface area contributed by atoms with Crippen molar-refractivity contribution in [1.82, 2.24) is 14.9 Å². The fourth-order valence-corrected chi connectivity index (χ4v) is 3.46. The fourth-order valence-electron chi connectivity index (χ4n) is 3.46. The lowest BCUT2D eigenvalue weighted by Crippen LogP contribution is -2.38. The van der Waals surface area contributed by atoms with Gasteiger partial charge in [0.05, 0.1) is 0 Å². The Bertz CT molecular complexity index is 392. The van der Waals surface area contributed by atoms with E-state index < -0.39 is 0 Å². The third-order valence-electron chi connectivity index (χ3n) is 4.10. The van der Waals surface area contributed by atoms with E-state index in [1.807, 2.05) is 18.5 Å². The molecule has 0 unspecified atom stereocenters. The molecule has 1 aromatic heterocycles. The van der Waals surface area contributed by atoms with E-state index in [4.69, 9.17) is 0 Å². The van der Waals surface area contributed by atoms with Crippen LogP contribution in [0.3, 0.4) is 0 Å². The molecule has 0 radical (unpaired) electrons. The minimum Gasteiger partial charge on any atom is -0.336 e. The molecule has 4 nitrogen and oxygen atoms in total. The maximum absolute atomic E-state index is 4.40. The van der Waals surface area contributed by atoms with Crippen molar-refractivity contribution in [3.63, 3.8) is 0 Å². The van der Waals surface area contributed by atoms with Crippen LogP contribution in [-0.4, -0.2) is 46.6 Å². The van der Waals surface area contributed by atoms with Crippen molar-refractivity contribution >= 4 is 5.95 Å². The van der Waals surface area contributed by atoms with E-state index in [2.05, 4.69) is 33.6 Å². The average molecular weight is 246 g/mol. The Morgan fingerprint density at radius 2 is 1.89 bits per heavy atom. The van der Waals surface area contributed by atoms with Gasteiger partial charge in [0, 0.05) is 44.1 Å². The third-order valence-corrected chi connectivity index (χ3v) is 4.10. The summed E-state index contributed by atoms with van der Waals surface area (Å²) in [4.78, 5) is 13.9. The van der Waals surface area contributed by atoms with Crippen LogP contribution in [0.25, 0.3) is 0 Å². The van der Waals surface area contributed by atoms with Gasteiger partial charge in [0.1, 0.15) is 0 Å². The molecular weight excluding hydrogens is 224 g/mol. The van der Waals surface area contributed by atoms with Crippen molar-refractivity contribution in [3.8, 4) is 0 Å². The summed E-state index contributed by atoms with van der Waals surface area (Å²) < 4.78 is 0. The van der Waals surface area contributed by atoms with Gasteiger partial charge in [0.15, 0.2) is 0 Å². The van der Waals surface area contributed by atoms with Crippen molar-refractivity contribution in [3.05, 3.63) is 18.5 Å². The highest BCUT2D eigenvalue weighted by atomic mass is 15.4. The maximum Gasteiger partial charge on any atom is 0.225 e. The normalized spacial score (nSPS) is 28.1. The first-order valence-corrected chi connectivity index (χ1v) is 7.03. The molecule has 0 spiro atoms. The second-order valence-corrected chi connectivity index (χ2v) is 5.84. The van der Waals surface area contributed by atoms with E-state index in [1.54, 1.807) is 0 Å². The monoisotopic (exact) mass is 246 g/mol. The molecule has 2 atom stereocenters. The molecule has 18 heavy (non-hydrogen) atoms. The predicted octanol–water partition coefficient (Wildman–Crippen LogP) is 1.79. The van der Waals surface area contributed by atoms with Gasteiger partial charge in [-0.05, 0) is 24.8 Å². The standard InChI is InChI=1S/C14H22N4/c1-11(2)10-17-8-4-13-12(17)5-9-18(13)14-15-6-3-7-16-14/h3,6-7,11-13H,4-5,8-10H2,1-2H3/t12-,13+/m0/s1. The Morgan fingerprint density at radius 1 is 1.17 bits per heavy atom. The van der Waals surface area contributed by atoms with Gasteiger partial charge >= 0.3 is 0 Å². The van der Waals surface area contributed by atoms with Gasteiger partial charge in [-0.15, -0.1) is 0 Å². The number of likely N-dealkylation sites (tertiary alicyclic amines) is 1. The lowest BCUT2D eigenvalue weighted by Gasteiger charge is -2.26. The Labute approximate surface area is 109 Å². The van der Waals surface area contributed by atoms with Crippen LogP contribution in [0.5, 0.6) is 0 Å². The van der Waals surface area contributed by atoms with Crippen LogP contribution in [0.1, 0.15) is 26.7 Å². The molecule has 1 aromatic rings.